The molecule has 0 aliphatic rings. The zero-order chi connectivity index (χ0) is 18.8. The molecule has 0 atom stereocenters. The standard InChI is InChI=1S/C18H23N3O3S/c1-11(2)16-9-14(10-17(12(3)4)18(16)19)21-20-13-5-7-15(8-6-13)25(22,23)24/h5-12H,19H2,1-4H3,(H,22,23,24). The van der Waals surface area contributed by atoms with E-state index in [1.165, 1.54) is 24.3 Å². The van der Waals surface area contributed by atoms with Gasteiger partial charge in [0.1, 0.15) is 0 Å². The van der Waals surface area contributed by atoms with Crippen molar-refractivity contribution < 1.29 is 13.0 Å². The van der Waals surface area contributed by atoms with E-state index in [-0.39, 0.29) is 16.7 Å². The van der Waals surface area contributed by atoms with Gasteiger partial charge in [-0.05, 0) is 59.4 Å². The van der Waals surface area contributed by atoms with E-state index in [2.05, 4.69) is 37.9 Å². The third-order valence-electron chi connectivity index (χ3n) is 3.89. The minimum atomic E-state index is -4.21. The Morgan fingerprint density at radius 2 is 1.32 bits per heavy atom. The minimum absolute atomic E-state index is 0.178. The van der Waals surface area contributed by atoms with Gasteiger partial charge in [-0.1, -0.05) is 27.7 Å². The van der Waals surface area contributed by atoms with Crippen LogP contribution in [-0.4, -0.2) is 13.0 Å². The fourth-order valence-corrected chi connectivity index (χ4v) is 2.98. The highest BCUT2D eigenvalue weighted by Crippen LogP contribution is 2.35. The van der Waals surface area contributed by atoms with Crippen molar-refractivity contribution >= 4 is 27.2 Å². The molecule has 2 aromatic rings. The number of hydrogen-bond donors (Lipinski definition) is 2. The van der Waals surface area contributed by atoms with Crippen molar-refractivity contribution in [2.75, 3.05) is 5.73 Å². The Morgan fingerprint density at radius 1 is 0.880 bits per heavy atom. The lowest BCUT2D eigenvalue weighted by Crippen LogP contribution is -2.02. The molecule has 0 radical (unpaired) electrons. The van der Waals surface area contributed by atoms with Crippen molar-refractivity contribution in [3.8, 4) is 0 Å². The van der Waals surface area contributed by atoms with E-state index in [1.54, 1.807) is 0 Å². The van der Waals surface area contributed by atoms with Crippen molar-refractivity contribution in [3.63, 3.8) is 0 Å². The Balaban J connectivity index is 2.37. The highest BCUT2D eigenvalue weighted by Gasteiger charge is 2.13. The summed E-state index contributed by atoms with van der Waals surface area (Å²) in [6.07, 6.45) is 0. The Bertz CT molecular complexity index is 857. The molecule has 0 saturated carbocycles. The first kappa shape index (κ1) is 19.1. The molecule has 0 aliphatic heterocycles. The SMILES string of the molecule is CC(C)c1cc(N=Nc2ccc(S(=O)(=O)O)cc2)cc(C(C)C)c1N. The number of rotatable bonds is 5. The normalized spacial score (nSPS) is 12.4. The van der Waals surface area contributed by atoms with Gasteiger partial charge in [-0.3, -0.25) is 4.55 Å². The second-order valence-electron chi connectivity index (χ2n) is 6.52. The van der Waals surface area contributed by atoms with Crippen LogP contribution in [0.3, 0.4) is 0 Å². The van der Waals surface area contributed by atoms with Crippen molar-refractivity contribution in [1.29, 1.82) is 0 Å². The van der Waals surface area contributed by atoms with Crippen molar-refractivity contribution in [2.24, 2.45) is 10.2 Å². The number of anilines is 1. The van der Waals surface area contributed by atoms with Crippen LogP contribution in [0.25, 0.3) is 0 Å². The summed E-state index contributed by atoms with van der Waals surface area (Å²) in [6.45, 7) is 8.30. The molecular formula is C18H23N3O3S. The molecule has 0 bridgehead atoms. The van der Waals surface area contributed by atoms with E-state index in [9.17, 15) is 8.42 Å². The Morgan fingerprint density at radius 3 is 1.72 bits per heavy atom. The highest BCUT2D eigenvalue weighted by atomic mass is 32.2. The molecule has 6 nitrogen and oxygen atoms in total. The van der Waals surface area contributed by atoms with E-state index in [1.807, 2.05) is 12.1 Å². The summed E-state index contributed by atoms with van der Waals surface area (Å²) in [5, 5.41) is 8.39. The first-order valence-electron chi connectivity index (χ1n) is 8.02. The maximum Gasteiger partial charge on any atom is 0.294 e. The van der Waals surface area contributed by atoms with Crippen LogP contribution in [0.5, 0.6) is 0 Å². The second-order valence-corrected chi connectivity index (χ2v) is 7.94. The summed E-state index contributed by atoms with van der Waals surface area (Å²) >= 11 is 0. The maximum absolute atomic E-state index is 11.0. The van der Waals surface area contributed by atoms with Gasteiger partial charge >= 0.3 is 0 Å². The van der Waals surface area contributed by atoms with E-state index in [0.29, 0.717) is 11.4 Å². The lowest BCUT2D eigenvalue weighted by atomic mass is 9.92. The molecule has 3 N–H and O–H groups in total. The van der Waals surface area contributed by atoms with Gasteiger partial charge in [0.05, 0.1) is 16.3 Å². The topological polar surface area (TPSA) is 105 Å². The molecule has 134 valence electrons. The molecule has 0 saturated heterocycles. The lowest BCUT2D eigenvalue weighted by Gasteiger charge is -2.17. The van der Waals surface area contributed by atoms with E-state index in [4.69, 9.17) is 10.3 Å². The molecule has 0 aromatic heterocycles. The fourth-order valence-electron chi connectivity index (χ4n) is 2.50. The predicted octanol–water partition coefficient (Wildman–Crippen LogP) is 5.18. The summed E-state index contributed by atoms with van der Waals surface area (Å²) in [7, 11) is -4.21. The molecule has 0 amide bonds. The van der Waals surface area contributed by atoms with Crippen LogP contribution in [0, 0.1) is 0 Å². The van der Waals surface area contributed by atoms with Crippen LogP contribution in [0.4, 0.5) is 17.1 Å². The van der Waals surface area contributed by atoms with E-state index >= 15 is 0 Å². The van der Waals surface area contributed by atoms with Crippen LogP contribution >= 0.6 is 0 Å². The lowest BCUT2D eigenvalue weighted by molar-refractivity contribution is 0.483. The fraction of sp³-hybridized carbons (Fsp3) is 0.333. The van der Waals surface area contributed by atoms with Gasteiger partial charge in [-0.15, -0.1) is 0 Å². The first-order chi connectivity index (χ1) is 11.6. The Kier molecular flexibility index (Phi) is 5.59. The van der Waals surface area contributed by atoms with Crippen LogP contribution in [-0.2, 0) is 10.1 Å². The number of nitrogen functional groups attached to an aromatic ring is 1. The number of benzene rings is 2. The smallest absolute Gasteiger partial charge is 0.294 e. The van der Waals surface area contributed by atoms with Gasteiger partial charge in [-0.25, -0.2) is 0 Å². The molecule has 0 heterocycles. The van der Waals surface area contributed by atoms with Gasteiger partial charge < -0.3 is 5.73 Å². The summed E-state index contributed by atoms with van der Waals surface area (Å²) in [5.41, 5.74) is 10.3. The van der Waals surface area contributed by atoms with Gasteiger partial charge in [-0.2, -0.15) is 18.6 Å². The van der Waals surface area contributed by atoms with Gasteiger partial charge in [0.15, 0.2) is 0 Å². The average molecular weight is 361 g/mol. The van der Waals surface area contributed by atoms with Gasteiger partial charge in [0, 0.05) is 5.69 Å². The van der Waals surface area contributed by atoms with E-state index in [0.717, 1.165) is 16.8 Å². The minimum Gasteiger partial charge on any atom is -0.398 e. The van der Waals surface area contributed by atoms with Crippen LogP contribution in [0.1, 0.15) is 50.7 Å². The average Bonchev–Trinajstić information content (AvgIpc) is 2.52. The van der Waals surface area contributed by atoms with Crippen molar-refractivity contribution in [3.05, 3.63) is 47.5 Å². The van der Waals surface area contributed by atoms with E-state index < -0.39 is 10.1 Å². The molecular weight excluding hydrogens is 338 g/mol. The summed E-state index contributed by atoms with van der Waals surface area (Å²) < 4.78 is 31.1. The summed E-state index contributed by atoms with van der Waals surface area (Å²) in [4.78, 5) is -0.178. The van der Waals surface area contributed by atoms with Crippen LogP contribution in [0.15, 0.2) is 51.5 Å². The van der Waals surface area contributed by atoms with Gasteiger partial charge in [0.25, 0.3) is 10.1 Å². The predicted molar refractivity (Wildman–Crippen MR) is 99.5 cm³/mol. The first-order valence-corrected chi connectivity index (χ1v) is 9.46. The number of nitrogens with zero attached hydrogens (tertiary/aromatic N) is 2. The maximum atomic E-state index is 11.0. The largest absolute Gasteiger partial charge is 0.398 e. The highest BCUT2D eigenvalue weighted by molar-refractivity contribution is 7.85. The molecule has 0 aliphatic carbocycles. The van der Waals surface area contributed by atoms with Gasteiger partial charge in [0.2, 0.25) is 0 Å². The number of hydrogen-bond acceptors (Lipinski definition) is 5. The molecule has 0 spiro atoms. The molecule has 0 unspecified atom stereocenters. The summed E-state index contributed by atoms with van der Waals surface area (Å²) in [5.74, 6) is 0.531. The molecule has 2 rings (SSSR count). The van der Waals surface area contributed by atoms with Crippen molar-refractivity contribution in [2.45, 2.75) is 44.4 Å². The summed E-state index contributed by atoms with van der Waals surface area (Å²) in [6, 6.07) is 9.37. The third-order valence-corrected chi connectivity index (χ3v) is 4.76. The Labute approximate surface area is 148 Å². The Hall–Kier alpha value is -2.25. The molecule has 2 aromatic carbocycles. The quantitative estimate of drug-likeness (QED) is 0.435. The molecule has 0 fully saturated rings. The zero-order valence-electron chi connectivity index (χ0n) is 14.8. The number of nitrogens with two attached hydrogens (primary N) is 1. The van der Waals surface area contributed by atoms with Crippen molar-refractivity contribution in [1.82, 2.24) is 0 Å². The van der Waals surface area contributed by atoms with Crippen LogP contribution < -0.4 is 5.73 Å². The molecule has 7 heteroatoms. The number of azo groups is 1. The monoisotopic (exact) mass is 361 g/mol. The zero-order valence-corrected chi connectivity index (χ0v) is 15.6. The third kappa shape index (κ3) is 4.64. The second kappa shape index (κ2) is 7.33. The van der Waals surface area contributed by atoms with Crippen LogP contribution in [0.2, 0.25) is 0 Å². The molecule has 25 heavy (non-hydrogen) atoms.